The van der Waals surface area contributed by atoms with Crippen LogP contribution < -0.4 is 10.6 Å². The second kappa shape index (κ2) is 13.4. The van der Waals surface area contributed by atoms with Gasteiger partial charge in [0.1, 0.15) is 5.60 Å². The average Bonchev–Trinajstić information content (AvgIpc) is 3.42. The Balaban J connectivity index is 1.24. The molecule has 3 aromatic carbocycles. The molecule has 0 aliphatic carbocycles. The number of pyridine rings is 1. The van der Waals surface area contributed by atoms with Crippen molar-refractivity contribution in [3.05, 3.63) is 95.7 Å². The molecule has 0 unspecified atom stereocenters. The number of carbonyl (C=O) groups excluding carboxylic acids is 1. The van der Waals surface area contributed by atoms with Crippen LogP contribution in [0.15, 0.2) is 79.0 Å². The van der Waals surface area contributed by atoms with Crippen LogP contribution in [0, 0.1) is 13.8 Å². The molecule has 0 aliphatic rings. The van der Waals surface area contributed by atoms with Crippen LogP contribution >= 0.6 is 0 Å². The summed E-state index contributed by atoms with van der Waals surface area (Å²) in [7, 11) is 1.96. The van der Waals surface area contributed by atoms with Gasteiger partial charge in [-0.2, -0.15) is 0 Å². The first-order valence-electron chi connectivity index (χ1n) is 15.4. The zero-order valence-corrected chi connectivity index (χ0v) is 26.7. The molecule has 2 heterocycles. The summed E-state index contributed by atoms with van der Waals surface area (Å²) in [6.45, 7) is 11.7. The number of esters is 1. The van der Waals surface area contributed by atoms with Crippen molar-refractivity contribution >= 4 is 17.3 Å². The standard InChI is InChI=1S/C37H43N5O2/c1-25-30(11-9-12-31(25)32-13-10-14-33(38-6)26(32)2)29-20-22-42-34(23-29)40-41-36(42)28-18-16-27(17-19-28)24-39-21-8-7-15-35(43)44-37(3,4)5/h9-14,16-20,22-23,38-39H,7-8,15,21,24H2,1-6H3. The molecule has 2 N–H and O–H groups in total. The minimum Gasteiger partial charge on any atom is -0.460 e. The van der Waals surface area contributed by atoms with Crippen LogP contribution in [-0.2, 0) is 16.1 Å². The van der Waals surface area contributed by atoms with Gasteiger partial charge in [0, 0.05) is 37.5 Å². The molecule has 7 heteroatoms. The van der Waals surface area contributed by atoms with Crippen LogP contribution in [0.1, 0.15) is 56.7 Å². The Morgan fingerprint density at radius 2 is 1.55 bits per heavy atom. The third-order valence-electron chi connectivity index (χ3n) is 7.89. The molecule has 228 valence electrons. The average molecular weight is 590 g/mol. The van der Waals surface area contributed by atoms with Crippen LogP contribution in [0.3, 0.4) is 0 Å². The number of hydrogen-bond acceptors (Lipinski definition) is 6. The van der Waals surface area contributed by atoms with Crippen LogP contribution in [0.2, 0.25) is 0 Å². The topological polar surface area (TPSA) is 80.5 Å². The molecule has 5 rings (SSSR count). The summed E-state index contributed by atoms with van der Waals surface area (Å²) in [5.41, 5.74) is 11.0. The van der Waals surface area contributed by atoms with Gasteiger partial charge < -0.3 is 15.4 Å². The lowest BCUT2D eigenvalue weighted by Crippen LogP contribution is -2.23. The molecule has 0 aliphatic heterocycles. The molecule has 0 atom stereocenters. The van der Waals surface area contributed by atoms with Gasteiger partial charge in [-0.3, -0.25) is 9.20 Å². The van der Waals surface area contributed by atoms with Gasteiger partial charge in [-0.05, 0) is 111 Å². The molecule has 0 saturated carbocycles. The Morgan fingerprint density at radius 3 is 2.27 bits per heavy atom. The highest BCUT2D eigenvalue weighted by atomic mass is 16.6. The Bertz CT molecular complexity index is 1750. The number of fused-ring (bicyclic) bond motifs is 1. The van der Waals surface area contributed by atoms with Gasteiger partial charge in [0.2, 0.25) is 0 Å². The predicted octanol–water partition coefficient (Wildman–Crippen LogP) is 7.99. The number of nitrogens with zero attached hydrogens (tertiary/aromatic N) is 3. The summed E-state index contributed by atoms with van der Waals surface area (Å²) in [6, 6.07) is 25.6. The number of unbranched alkanes of at least 4 members (excludes halogenated alkanes) is 1. The minimum absolute atomic E-state index is 0.129. The Kier molecular flexibility index (Phi) is 9.45. The third-order valence-corrected chi connectivity index (χ3v) is 7.89. The number of ether oxygens (including phenoxy) is 1. The van der Waals surface area contributed by atoms with Crippen molar-refractivity contribution < 1.29 is 9.53 Å². The smallest absolute Gasteiger partial charge is 0.306 e. The number of anilines is 1. The number of rotatable bonds is 11. The minimum atomic E-state index is -0.422. The van der Waals surface area contributed by atoms with Crippen molar-refractivity contribution in [1.82, 2.24) is 19.9 Å². The highest BCUT2D eigenvalue weighted by Crippen LogP contribution is 2.35. The number of carbonyl (C=O) groups is 1. The first-order chi connectivity index (χ1) is 21.1. The molecule has 0 spiro atoms. The van der Waals surface area contributed by atoms with Crippen LogP contribution in [0.4, 0.5) is 5.69 Å². The summed E-state index contributed by atoms with van der Waals surface area (Å²) in [5.74, 6) is 0.689. The Labute approximate surface area is 260 Å². The highest BCUT2D eigenvalue weighted by molar-refractivity contribution is 5.82. The van der Waals surface area contributed by atoms with Crippen LogP contribution in [0.25, 0.3) is 39.3 Å². The van der Waals surface area contributed by atoms with Gasteiger partial charge >= 0.3 is 5.97 Å². The van der Waals surface area contributed by atoms with Crippen molar-refractivity contribution in [1.29, 1.82) is 0 Å². The Morgan fingerprint density at radius 1 is 0.841 bits per heavy atom. The second-order valence-electron chi connectivity index (χ2n) is 12.3. The van der Waals surface area contributed by atoms with Gasteiger partial charge in [-0.25, -0.2) is 0 Å². The largest absolute Gasteiger partial charge is 0.460 e. The summed E-state index contributed by atoms with van der Waals surface area (Å²) in [4.78, 5) is 11.9. The first-order valence-corrected chi connectivity index (χ1v) is 15.4. The van der Waals surface area contributed by atoms with Gasteiger partial charge in [-0.15, -0.1) is 10.2 Å². The molecule has 5 aromatic rings. The van der Waals surface area contributed by atoms with E-state index in [0.29, 0.717) is 6.42 Å². The van der Waals surface area contributed by atoms with E-state index in [4.69, 9.17) is 4.74 Å². The van der Waals surface area contributed by atoms with E-state index in [-0.39, 0.29) is 5.97 Å². The summed E-state index contributed by atoms with van der Waals surface area (Å²) in [5, 5.41) is 15.8. The summed E-state index contributed by atoms with van der Waals surface area (Å²) in [6.07, 6.45) is 4.26. The highest BCUT2D eigenvalue weighted by Gasteiger charge is 2.16. The monoisotopic (exact) mass is 589 g/mol. The maximum atomic E-state index is 11.9. The maximum Gasteiger partial charge on any atom is 0.306 e. The Hall–Kier alpha value is -4.49. The molecular formula is C37H43N5O2. The third kappa shape index (κ3) is 7.17. The number of hydrogen-bond donors (Lipinski definition) is 2. The van der Waals surface area contributed by atoms with E-state index in [0.717, 1.165) is 54.2 Å². The van der Waals surface area contributed by atoms with E-state index < -0.39 is 5.60 Å². The van der Waals surface area contributed by atoms with Crippen LogP contribution in [-0.4, -0.2) is 39.8 Å². The molecule has 2 aromatic heterocycles. The quantitative estimate of drug-likeness (QED) is 0.120. The van der Waals surface area contributed by atoms with Gasteiger partial charge in [0.05, 0.1) is 0 Å². The van der Waals surface area contributed by atoms with Crippen molar-refractivity contribution in [3.63, 3.8) is 0 Å². The van der Waals surface area contributed by atoms with E-state index in [2.05, 4.69) is 114 Å². The predicted molar refractivity (Wildman–Crippen MR) is 180 cm³/mol. The van der Waals surface area contributed by atoms with E-state index in [1.165, 1.54) is 33.4 Å². The van der Waals surface area contributed by atoms with Gasteiger partial charge in [0.15, 0.2) is 11.5 Å². The lowest BCUT2D eigenvalue weighted by molar-refractivity contribution is -0.154. The summed E-state index contributed by atoms with van der Waals surface area (Å²) < 4.78 is 7.41. The fourth-order valence-electron chi connectivity index (χ4n) is 5.61. The molecule has 0 saturated heterocycles. The maximum absolute atomic E-state index is 11.9. The van der Waals surface area contributed by atoms with E-state index >= 15 is 0 Å². The lowest BCUT2D eigenvalue weighted by atomic mass is 9.90. The van der Waals surface area contributed by atoms with Crippen molar-refractivity contribution in [2.45, 2.75) is 66.0 Å². The molecule has 0 radical (unpaired) electrons. The molecule has 44 heavy (non-hydrogen) atoms. The fourth-order valence-corrected chi connectivity index (χ4v) is 5.61. The van der Waals surface area contributed by atoms with Crippen molar-refractivity contribution in [3.8, 4) is 33.6 Å². The van der Waals surface area contributed by atoms with Crippen molar-refractivity contribution in [2.24, 2.45) is 0 Å². The zero-order valence-electron chi connectivity index (χ0n) is 26.7. The molecule has 0 amide bonds. The van der Waals surface area contributed by atoms with Crippen molar-refractivity contribution in [2.75, 3.05) is 18.9 Å². The zero-order chi connectivity index (χ0) is 31.3. The molecule has 7 nitrogen and oxygen atoms in total. The van der Waals surface area contributed by atoms with Gasteiger partial charge in [0.25, 0.3) is 0 Å². The summed E-state index contributed by atoms with van der Waals surface area (Å²) >= 11 is 0. The van der Waals surface area contributed by atoms with E-state index in [1.54, 1.807) is 0 Å². The number of benzene rings is 3. The lowest BCUT2D eigenvalue weighted by Gasteiger charge is -2.19. The van der Waals surface area contributed by atoms with Gasteiger partial charge in [-0.1, -0.05) is 54.6 Å². The second-order valence-corrected chi connectivity index (χ2v) is 12.3. The fraction of sp³-hybridized carbons (Fsp3) is 0.324. The van der Waals surface area contributed by atoms with E-state index in [1.807, 2.05) is 32.2 Å². The first kappa shape index (κ1) is 31.0. The number of aromatic nitrogens is 3. The molecule has 0 fully saturated rings. The van der Waals surface area contributed by atoms with E-state index in [9.17, 15) is 4.79 Å². The SMILES string of the molecule is CNc1cccc(-c2cccc(-c3ccn4c(-c5ccc(CNCCCCC(=O)OC(C)(C)C)cc5)nnc4c3)c2C)c1C. The number of nitrogens with one attached hydrogen (secondary N) is 2. The van der Waals surface area contributed by atoms with Crippen LogP contribution in [0.5, 0.6) is 0 Å². The molecular weight excluding hydrogens is 546 g/mol. The normalized spacial score (nSPS) is 11.6. The molecule has 0 bridgehead atoms.